The number of ether oxygens (including phenoxy) is 2. The zero-order chi connectivity index (χ0) is 35.9. The quantitative estimate of drug-likeness (QED) is 0.152. The van der Waals surface area contributed by atoms with Gasteiger partial charge in [-0.15, -0.1) is 0 Å². The van der Waals surface area contributed by atoms with Gasteiger partial charge in [-0.2, -0.15) is 5.10 Å². The topological polar surface area (TPSA) is 54.1 Å². The van der Waals surface area contributed by atoms with E-state index in [1.165, 1.54) is 16.7 Å². The molecular formula is C46H42N4O2. The van der Waals surface area contributed by atoms with Crippen molar-refractivity contribution in [1.82, 2.24) is 19.3 Å². The second kappa shape index (κ2) is 13.5. The molecule has 3 aromatic heterocycles. The Bertz CT molecular complexity index is 2540. The summed E-state index contributed by atoms with van der Waals surface area (Å²) in [5.74, 6) is 3.37. The molecule has 8 rings (SSSR count). The summed E-state index contributed by atoms with van der Waals surface area (Å²) in [5.41, 5.74) is 11.0. The summed E-state index contributed by atoms with van der Waals surface area (Å²) in [6.07, 6.45) is 1.87. The molecule has 0 saturated carbocycles. The molecule has 0 bridgehead atoms. The Morgan fingerprint density at radius 2 is 1.31 bits per heavy atom. The van der Waals surface area contributed by atoms with Crippen LogP contribution in [0.25, 0.3) is 55.6 Å². The molecule has 0 fully saturated rings. The summed E-state index contributed by atoms with van der Waals surface area (Å²) >= 11 is 0. The summed E-state index contributed by atoms with van der Waals surface area (Å²) in [4.78, 5) is 4.77. The van der Waals surface area contributed by atoms with Crippen LogP contribution in [-0.4, -0.2) is 25.4 Å². The van der Waals surface area contributed by atoms with E-state index in [0.717, 1.165) is 73.1 Å². The Morgan fingerprint density at radius 1 is 0.596 bits per heavy atom. The molecule has 0 saturated heterocycles. The fraction of sp³-hybridized carbons (Fsp3) is 0.174. The zero-order valence-corrected chi connectivity index (χ0v) is 30.5. The third-order valence-electron chi connectivity index (χ3n) is 9.60. The van der Waals surface area contributed by atoms with Crippen LogP contribution in [0.3, 0.4) is 0 Å². The van der Waals surface area contributed by atoms with Crippen LogP contribution in [0.15, 0.2) is 134 Å². The molecule has 52 heavy (non-hydrogen) atoms. The van der Waals surface area contributed by atoms with Crippen molar-refractivity contribution in [1.29, 1.82) is 0 Å². The summed E-state index contributed by atoms with van der Waals surface area (Å²) < 4.78 is 17.0. The number of nitrogens with zero attached hydrogens (tertiary/aromatic N) is 4. The van der Waals surface area contributed by atoms with Crippen molar-refractivity contribution in [3.8, 4) is 51.0 Å². The number of pyridine rings is 1. The van der Waals surface area contributed by atoms with Gasteiger partial charge in [-0.1, -0.05) is 86.6 Å². The lowest BCUT2D eigenvalue weighted by Gasteiger charge is -2.15. The van der Waals surface area contributed by atoms with Crippen molar-refractivity contribution in [2.24, 2.45) is 0 Å². The SMILES string of the molecule is Cc1nn(-c2cc(Oc3ccc4c5ccccc5n(-c5cc(OC(C)C)ccn5)c4c3)cc(C(C)C)c2)c(C)c1-c1ccc(-c2ccccc2)cc1. The van der Waals surface area contributed by atoms with Gasteiger partial charge in [0.25, 0.3) is 0 Å². The Kier molecular flexibility index (Phi) is 8.59. The highest BCUT2D eigenvalue weighted by molar-refractivity contribution is 6.09. The Balaban J connectivity index is 1.17. The maximum Gasteiger partial charge on any atom is 0.141 e. The molecule has 0 amide bonds. The first-order chi connectivity index (χ1) is 25.2. The standard InChI is InChI=1S/C46H42N4O2/c1-29(2)36-24-37(50-32(6)46(31(5)48-50)35-18-16-34(17-19-35)33-12-8-7-9-13-33)26-40(25-36)52-38-20-21-42-41-14-10-11-15-43(41)49(44(42)27-38)45-28-39(22-23-47-45)51-30(3)4/h7-30H,1-6H3. The van der Waals surface area contributed by atoms with Gasteiger partial charge in [0.1, 0.15) is 23.1 Å². The first kappa shape index (κ1) is 33.0. The van der Waals surface area contributed by atoms with E-state index in [-0.39, 0.29) is 6.10 Å². The van der Waals surface area contributed by atoms with Gasteiger partial charge in [-0.25, -0.2) is 9.67 Å². The maximum atomic E-state index is 6.72. The molecule has 6 heteroatoms. The van der Waals surface area contributed by atoms with Crippen molar-refractivity contribution in [3.63, 3.8) is 0 Å². The zero-order valence-electron chi connectivity index (χ0n) is 30.5. The number of benzene rings is 5. The minimum absolute atomic E-state index is 0.0624. The number of para-hydroxylation sites is 1. The van der Waals surface area contributed by atoms with Crippen molar-refractivity contribution in [3.05, 3.63) is 151 Å². The molecule has 0 aliphatic heterocycles. The lowest BCUT2D eigenvalue weighted by molar-refractivity contribution is 0.242. The Labute approximate surface area is 304 Å². The van der Waals surface area contributed by atoms with Gasteiger partial charge in [0.2, 0.25) is 0 Å². The molecule has 8 aromatic rings. The summed E-state index contributed by atoms with van der Waals surface area (Å²) in [7, 11) is 0. The number of hydrogen-bond donors (Lipinski definition) is 0. The first-order valence-corrected chi connectivity index (χ1v) is 17.9. The highest BCUT2D eigenvalue weighted by Gasteiger charge is 2.18. The Morgan fingerprint density at radius 3 is 2.08 bits per heavy atom. The summed E-state index contributed by atoms with van der Waals surface area (Å²) in [5, 5.41) is 7.34. The highest BCUT2D eigenvalue weighted by atomic mass is 16.5. The molecule has 5 aromatic carbocycles. The van der Waals surface area contributed by atoms with Crippen molar-refractivity contribution >= 4 is 21.8 Å². The minimum atomic E-state index is 0.0624. The molecule has 0 spiro atoms. The van der Waals surface area contributed by atoms with E-state index in [0.29, 0.717) is 5.92 Å². The minimum Gasteiger partial charge on any atom is -0.491 e. The van der Waals surface area contributed by atoms with Gasteiger partial charge < -0.3 is 9.47 Å². The van der Waals surface area contributed by atoms with Gasteiger partial charge in [0, 0.05) is 46.4 Å². The molecule has 3 heterocycles. The van der Waals surface area contributed by atoms with Crippen molar-refractivity contribution in [2.75, 3.05) is 0 Å². The van der Waals surface area contributed by atoms with Crippen LogP contribution in [0.5, 0.6) is 17.2 Å². The molecule has 0 radical (unpaired) electrons. The van der Waals surface area contributed by atoms with E-state index < -0.39 is 0 Å². The fourth-order valence-corrected chi connectivity index (χ4v) is 7.16. The van der Waals surface area contributed by atoms with Gasteiger partial charge >= 0.3 is 0 Å². The second-order valence-corrected chi connectivity index (χ2v) is 14.0. The predicted octanol–water partition coefficient (Wildman–Crippen LogP) is 12.0. The first-order valence-electron chi connectivity index (χ1n) is 17.9. The lowest BCUT2D eigenvalue weighted by atomic mass is 9.99. The van der Waals surface area contributed by atoms with Crippen LogP contribution in [0.2, 0.25) is 0 Å². The van der Waals surface area contributed by atoms with Gasteiger partial charge in [-0.05, 0) is 92.3 Å². The fourth-order valence-electron chi connectivity index (χ4n) is 7.16. The number of hydrogen-bond acceptors (Lipinski definition) is 4. The van der Waals surface area contributed by atoms with Crippen molar-refractivity contribution in [2.45, 2.75) is 53.6 Å². The number of fused-ring (bicyclic) bond motifs is 3. The maximum absolute atomic E-state index is 6.72. The monoisotopic (exact) mass is 682 g/mol. The Hall–Kier alpha value is -6.14. The van der Waals surface area contributed by atoms with Crippen LogP contribution in [-0.2, 0) is 0 Å². The van der Waals surface area contributed by atoms with Gasteiger partial charge in [0.15, 0.2) is 0 Å². The highest BCUT2D eigenvalue weighted by Crippen LogP contribution is 2.37. The molecule has 0 aliphatic carbocycles. The lowest BCUT2D eigenvalue weighted by Crippen LogP contribution is -2.06. The van der Waals surface area contributed by atoms with Crippen LogP contribution in [0, 0.1) is 13.8 Å². The number of rotatable bonds is 9. The van der Waals surface area contributed by atoms with Gasteiger partial charge in [0.05, 0.1) is 28.5 Å². The average Bonchev–Trinajstić information content (AvgIpc) is 3.64. The van der Waals surface area contributed by atoms with Crippen LogP contribution < -0.4 is 9.47 Å². The average molecular weight is 683 g/mol. The van der Waals surface area contributed by atoms with Crippen LogP contribution >= 0.6 is 0 Å². The third-order valence-corrected chi connectivity index (χ3v) is 9.60. The predicted molar refractivity (Wildman–Crippen MR) is 212 cm³/mol. The second-order valence-electron chi connectivity index (χ2n) is 14.0. The largest absolute Gasteiger partial charge is 0.491 e. The third kappa shape index (κ3) is 6.21. The van der Waals surface area contributed by atoms with E-state index in [4.69, 9.17) is 19.6 Å². The molecule has 0 aliphatic rings. The van der Waals surface area contributed by atoms with E-state index >= 15 is 0 Å². The van der Waals surface area contributed by atoms with E-state index in [9.17, 15) is 0 Å². The number of aryl methyl sites for hydroxylation is 1. The molecule has 6 nitrogen and oxygen atoms in total. The molecule has 0 N–H and O–H groups in total. The molecule has 0 atom stereocenters. The molecule has 0 unspecified atom stereocenters. The van der Waals surface area contributed by atoms with Crippen LogP contribution in [0.4, 0.5) is 0 Å². The summed E-state index contributed by atoms with van der Waals surface area (Å²) in [6, 6.07) is 44.3. The van der Waals surface area contributed by atoms with E-state index in [1.807, 2.05) is 42.8 Å². The van der Waals surface area contributed by atoms with Crippen molar-refractivity contribution < 1.29 is 9.47 Å². The summed E-state index contributed by atoms with van der Waals surface area (Å²) in [6.45, 7) is 12.7. The van der Waals surface area contributed by atoms with Gasteiger partial charge in [-0.3, -0.25) is 4.57 Å². The number of aromatic nitrogens is 4. The molecule has 258 valence electrons. The molecular weight excluding hydrogens is 641 g/mol. The van der Waals surface area contributed by atoms with E-state index in [2.05, 4.69) is 135 Å². The van der Waals surface area contributed by atoms with E-state index in [1.54, 1.807) is 6.20 Å². The smallest absolute Gasteiger partial charge is 0.141 e. The normalized spacial score (nSPS) is 11.6. The van der Waals surface area contributed by atoms with Crippen LogP contribution in [0.1, 0.15) is 50.6 Å².